The van der Waals surface area contributed by atoms with Gasteiger partial charge in [-0.1, -0.05) is 0 Å². The van der Waals surface area contributed by atoms with E-state index in [0.29, 0.717) is 25.3 Å². The molecule has 0 aromatic carbocycles. The van der Waals surface area contributed by atoms with Crippen LogP contribution in [-0.4, -0.2) is 45.8 Å². The molecule has 0 N–H and O–H groups in total. The number of rotatable bonds is 3. The molecule has 0 amide bonds. The number of methoxy groups -OCH3 is 1. The van der Waals surface area contributed by atoms with Crippen molar-refractivity contribution in [1.82, 2.24) is 4.98 Å². The summed E-state index contributed by atoms with van der Waals surface area (Å²) in [6, 6.07) is 3.12. The minimum absolute atomic E-state index is 0.195. The molecule has 2 heterocycles. The third-order valence-corrected chi connectivity index (χ3v) is 4.29. The van der Waals surface area contributed by atoms with Crippen LogP contribution in [0.3, 0.4) is 0 Å². The van der Waals surface area contributed by atoms with Crippen LogP contribution in [0.2, 0.25) is 0 Å². The average molecular weight is 284 g/mol. The van der Waals surface area contributed by atoms with Gasteiger partial charge in [0, 0.05) is 25.5 Å². The smallest absolute Gasteiger partial charge is 0.310 e. The lowest BCUT2D eigenvalue weighted by Gasteiger charge is -2.19. The van der Waals surface area contributed by atoms with Crippen LogP contribution in [0.15, 0.2) is 23.2 Å². The summed E-state index contributed by atoms with van der Waals surface area (Å²) >= 11 is 0. The quantitative estimate of drug-likeness (QED) is 0.752. The second-order valence-electron chi connectivity index (χ2n) is 4.55. The number of aromatic nitrogens is 1. The largest absolute Gasteiger partial charge is 0.469 e. The van der Waals surface area contributed by atoms with Crippen molar-refractivity contribution in [2.75, 3.05) is 31.4 Å². The third-order valence-electron chi connectivity index (χ3n) is 3.17. The molecule has 2 rings (SSSR count). The standard InChI is InChI=1S/C12H16N2O4S/c1-18-12(15)9-5-7-14(8-9)11-10(19(2,16)17)4-3-6-13-11/h3-4,6,9H,5,7-8H2,1-2H3. The Hall–Kier alpha value is -1.63. The molecule has 1 saturated heterocycles. The zero-order valence-electron chi connectivity index (χ0n) is 10.9. The summed E-state index contributed by atoms with van der Waals surface area (Å²) in [6.45, 7) is 1.03. The van der Waals surface area contributed by atoms with Gasteiger partial charge in [-0.15, -0.1) is 0 Å². The van der Waals surface area contributed by atoms with Crippen molar-refractivity contribution in [3.8, 4) is 0 Å². The Morgan fingerprint density at radius 3 is 2.89 bits per heavy atom. The molecule has 1 aromatic rings. The van der Waals surface area contributed by atoms with Crippen molar-refractivity contribution in [3.63, 3.8) is 0 Å². The molecule has 1 aromatic heterocycles. The number of hydrogen-bond acceptors (Lipinski definition) is 6. The Bertz CT molecular complexity index is 585. The molecule has 1 fully saturated rings. The highest BCUT2D eigenvalue weighted by atomic mass is 32.2. The SMILES string of the molecule is COC(=O)C1CCN(c2ncccc2S(C)(=O)=O)C1. The number of sulfone groups is 1. The normalized spacial score (nSPS) is 19.5. The highest BCUT2D eigenvalue weighted by molar-refractivity contribution is 7.90. The predicted octanol–water partition coefficient (Wildman–Crippen LogP) is 0.484. The molecule has 0 spiro atoms. The summed E-state index contributed by atoms with van der Waals surface area (Å²) in [5.41, 5.74) is 0. The number of pyridine rings is 1. The highest BCUT2D eigenvalue weighted by Crippen LogP contribution is 2.28. The number of carbonyl (C=O) groups is 1. The lowest BCUT2D eigenvalue weighted by molar-refractivity contribution is -0.144. The van der Waals surface area contributed by atoms with Crippen molar-refractivity contribution in [3.05, 3.63) is 18.3 Å². The van der Waals surface area contributed by atoms with Crippen LogP contribution < -0.4 is 4.90 Å². The van der Waals surface area contributed by atoms with E-state index >= 15 is 0 Å². The zero-order chi connectivity index (χ0) is 14.0. The summed E-state index contributed by atoms with van der Waals surface area (Å²) in [6.07, 6.45) is 3.35. The average Bonchev–Trinajstić information content (AvgIpc) is 2.86. The maximum Gasteiger partial charge on any atom is 0.310 e. The number of carbonyl (C=O) groups excluding carboxylic acids is 1. The number of hydrogen-bond donors (Lipinski definition) is 0. The molecular formula is C12H16N2O4S. The summed E-state index contributed by atoms with van der Waals surface area (Å²) in [5, 5.41) is 0. The fourth-order valence-electron chi connectivity index (χ4n) is 2.22. The first-order valence-corrected chi connectivity index (χ1v) is 7.80. The van der Waals surface area contributed by atoms with Crippen molar-refractivity contribution >= 4 is 21.6 Å². The van der Waals surface area contributed by atoms with Crippen LogP contribution in [0.25, 0.3) is 0 Å². The number of esters is 1. The minimum Gasteiger partial charge on any atom is -0.469 e. The van der Waals surface area contributed by atoms with Gasteiger partial charge >= 0.3 is 5.97 Å². The van der Waals surface area contributed by atoms with Crippen molar-refractivity contribution in [2.45, 2.75) is 11.3 Å². The van der Waals surface area contributed by atoms with Gasteiger partial charge in [0.15, 0.2) is 9.84 Å². The number of anilines is 1. The van der Waals surface area contributed by atoms with E-state index < -0.39 is 9.84 Å². The molecule has 7 heteroatoms. The molecule has 1 atom stereocenters. The highest BCUT2D eigenvalue weighted by Gasteiger charge is 2.31. The first-order valence-electron chi connectivity index (χ1n) is 5.91. The fourth-order valence-corrected chi connectivity index (χ4v) is 3.06. The first kappa shape index (κ1) is 13.8. The van der Waals surface area contributed by atoms with Crippen LogP contribution in [0.5, 0.6) is 0 Å². The van der Waals surface area contributed by atoms with E-state index in [4.69, 9.17) is 4.74 Å². The van der Waals surface area contributed by atoms with E-state index in [1.165, 1.54) is 13.2 Å². The molecule has 19 heavy (non-hydrogen) atoms. The molecule has 104 valence electrons. The van der Waals surface area contributed by atoms with Gasteiger partial charge in [-0.2, -0.15) is 0 Å². The first-order chi connectivity index (χ1) is 8.93. The monoisotopic (exact) mass is 284 g/mol. The molecule has 0 aliphatic carbocycles. The molecular weight excluding hydrogens is 268 g/mol. The second-order valence-corrected chi connectivity index (χ2v) is 6.54. The molecule has 6 nitrogen and oxygen atoms in total. The predicted molar refractivity (Wildman–Crippen MR) is 69.7 cm³/mol. The Morgan fingerprint density at radius 1 is 1.53 bits per heavy atom. The summed E-state index contributed by atoms with van der Waals surface area (Å²) in [7, 11) is -1.98. The van der Waals surface area contributed by atoms with Crippen LogP contribution >= 0.6 is 0 Å². The van der Waals surface area contributed by atoms with E-state index in [1.54, 1.807) is 12.3 Å². The van der Waals surface area contributed by atoms with Crippen LogP contribution in [0.1, 0.15) is 6.42 Å². The van der Waals surface area contributed by atoms with Crippen LogP contribution in [0.4, 0.5) is 5.82 Å². The topological polar surface area (TPSA) is 76.6 Å². The Labute approximate surface area is 112 Å². The molecule has 0 radical (unpaired) electrons. The lowest BCUT2D eigenvalue weighted by Crippen LogP contribution is -2.25. The second kappa shape index (κ2) is 5.16. The summed E-state index contributed by atoms with van der Waals surface area (Å²) < 4.78 is 28.2. The van der Waals surface area contributed by atoms with Crippen molar-refractivity contribution in [1.29, 1.82) is 0 Å². The Balaban J connectivity index is 2.28. The third kappa shape index (κ3) is 2.86. The van der Waals surface area contributed by atoms with Gasteiger partial charge in [-0.05, 0) is 18.6 Å². The maximum atomic E-state index is 11.7. The van der Waals surface area contributed by atoms with Crippen LogP contribution in [0, 0.1) is 5.92 Å². The molecule has 1 unspecified atom stereocenters. The van der Waals surface area contributed by atoms with E-state index in [9.17, 15) is 13.2 Å². The summed E-state index contributed by atoms with van der Waals surface area (Å²) in [5.74, 6) is -0.0739. The molecule has 0 saturated carbocycles. The van der Waals surface area contributed by atoms with Gasteiger partial charge in [0.05, 0.1) is 13.0 Å². The van der Waals surface area contributed by atoms with E-state index in [1.807, 2.05) is 4.90 Å². The van der Waals surface area contributed by atoms with Gasteiger partial charge in [0.1, 0.15) is 10.7 Å². The number of nitrogens with zero attached hydrogens (tertiary/aromatic N) is 2. The Kier molecular flexibility index (Phi) is 3.75. The molecule has 0 bridgehead atoms. The van der Waals surface area contributed by atoms with Crippen LogP contribution in [-0.2, 0) is 19.4 Å². The van der Waals surface area contributed by atoms with E-state index in [2.05, 4.69) is 4.98 Å². The van der Waals surface area contributed by atoms with Crippen molar-refractivity contribution in [2.24, 2.45) is 5.92 Å². The summed E-state index contributed by atoms with van der Waals surface area (Å²) in [4.78, 5) is 17.6. The van der Waals surface area contributed by atoms with E-state index in [-0.39, 0.29) is 16.8 Å². The van der Waals surface area contributed by atoms with E-state index in [0.717, 1.165) is 6.26 Å². The zero-order valence-corrected chi connectivity index (χ0v) is 11.7. The maximum absolute atomic E-state index is 11.7. The molecule has 1 aliphatic heterocycles. The van der Waals surface area contributed by atoms with Gasteiger partial charge in [0.2, 0.25) is 0 Å². The van der Waals surface area contributed by atoms with Gasteiger partial charge in [0.25, 0.3) is 0 Å². The minimum atomic E-state index is -3.33. The van der Waals surface area contributed by atoms with Crippen molar-refractivity contribution < 1.29 is 17.9 Å². The molecule has 1 aliphatic rings. The fraction of sp³-hybridized carbons (Fsp3) is 0.500. The Morgan fingerprint density at radius 2 is 2.26 bits per heavy atom. The van der Waals surface area contributed by atoms with Gasteiger partial charge in [-0.25, -0.2) is 13.4 Å². The lowest BCUT2D eigenvalue weighted by atomic mass is 10.1. The number of ether oxygens (including phenoxy) is 1. The van der Waals surface area contributed by atoms with Gasteiger partial charge in [-0.3, -0.25) is 4.79 Å². The van der Waals surface area contributed by atoms with Gasteiger partial charge < -0.3 is 9.64 Å².